The molecule has 2 aromatic carbocycles. The van der Waals surface area contributed by atoms with Gasteiger partial charge in [-0.2, -0.15) is 5.10 Å². The number of amides is 1. The summed E-state index contributed by atoms with van der Waals surface area (Å²) in [6.07, 6.45) is 0.353. The number of carbonyl (C=O) groups is 1. The van der Waals surface area contributed by atoms with Crippen molar-refractivity contribution in [3.63, 3.8) is 0 Å². The first-order valence-corrected chi connectivity index (χ1v) is 10.6. The highest BCUT2D eigenvalue weighted by atomic mass is 32.2. The number of carbonyl (C=O) groups excluding carboxylic acids is 1. The predicted octanol–water partition coefficient (Wildman–Crippen LogP) is 2.37. The van der Waals surface area contributed by atoms with Gasteiger partial charge in [0.05, 0.1) is 27.0 Å². The SMILES string of the molecule is COc1cc(OC)c(S(=O)(=O)Nc2ccc(C3=NNC(=O)CC3C)cc2)cc1OC. The van der Waals surface area contributed by atoms with E-state index in [1.165, 1.54) is 33.5 Å². The van der Waals surface area contributed by atoms with Gasteiger partial charge in [-0.15, -0.1) is 0 Å². The molecular formula is C20H23N3O6S. The molecule has 0 saturated carbocycles. The minimum Gasteiger partial charge on any atom is -0.495 e. The lowest BCUT2D eigenvalue weighted by Crippen LogP contribution is -2.31. The highest BCUT2D eigenvalue weighted by Gasteiger charge is 2.24. The van der Waals surface area contributed by atoms with Gasteiger partial charge in [-0.3, -0.25) is 9.52 Å². The molecule has 0 saturated heterocycles. The summed E-state index contributed by atoms with van der Waals surface area (Å²) in [5, 5.41) is 4.11. The summed E-state index contributed by atoms with van der Waals surface area (Å²) in [5.41, 5.74) is 4.38. The number of rotatable bonds is 7. The molecule has 1 aliphatic rings. The molecule has 0 aliphatic carbocycles. The maximum atomic E-state index is 13.0. The van der Waals surface area contributed by atoms with Crippen LogP contribution in [0.2, 0.25) is 0 Å². The lowest BCUT2D eigenvalue weighted by atomic mass is 9.94. The van der Waals surface area contributed by atoms with Gasteiger partial charge in [0.1, 0.15) is 10.6 Å². The summed E-state index contributed by atoms with van der Waals surface area (Å²) in [6.45, 7) is 1.91. The second-order valence-electron chi connectivity index (χ2n) is 6.68. The fourth-order valence-electron chi connectivity index (χ4n) is 3.13. The van der Waals surface area contributed by atoms with Crippen molar-refractivity contribution in [3.8, 4) is 17.2 Å². The van der Waals surface area contributed by atoms with Gasteiger partial charge in [0.25, 0.3) is 10.0 Å². The summed E-state index contributed by atoms with van der Waals surface area (Å²) >= 11 is 0. The van der Waals surface area contributed by atoms with E-state index < -0.39 is 10.0 Å². The Morgan fingerprint density at radius 3 is 2.17 bits per heavy atom. The van der Waals surface area contributed by atoms with Crippen LogP contribution in [0, 0.1) is 5.92 Å². The van der Waals surface area contributed by atoms with Crippen LogP contribution in [-0.4, -0.2) is 41.4 Å². The first-order chi connectivity index (χ1) is 14.3. The fraction of sp³-hybridized carbons (Fsp3) is 0.300. The molecule has 1 atom stereocenters. The van der Waals surface area contributed by atoms with Crippen molar-refractivity contribution in [1.82, 2.24) is 5.43 Å². The van der Waals surface area contributed by atoms with Crippen LogP contribution in [0.1, 0.15) is 18.9 Å². The van der Waals surface area contributed by atoms with Crippen LogP contribution in [-0.2, 0) is 14.8 Å². The Morgan fingerprint density at radius 2 is 1.60 bits per heavy atom. The number of hydrogen-bond donors (Lipinski definition) is 2. The topological polar surface area (TPSA) is 115 Å². The lowest BCUT2D eigenvalue weighted by Gasteiger charge is -2.19. The van der Waals surface area contributed by atoms with Crippen molar-refractivity contribution in [3.05, 3.63) is 42.0 Å². The van der Waals surface area contributed by atoms with Crippen molar-refractivity contribution in [2.24, 2.45) is 11.0 Å². The van der Waals surface area contributed by atoms with E-state index in [0.29, 0.717) is 17.9 Å². The van der Waals surface area contributed by atoms with Gasteiger partial charge in [-0.25, -0.2) is 13.8 Å². The van der Waals surface area contributed by atoms with Crippen LogP contribution in [0.5, 0.6) is 17.2 Å². The van der Waals surface area contributed by atoms with Crippen LogP contribution in [0.3, 0.4) is 0 Å². The Kier molecular flexibility index (Phi) is 6.16. The zero-order chi connectivity index (χ0) is 21.9. The molecule has 0 spiro atoms. The predicted molar refractivity (Wildman–Crippen MR) is 112 cm³/mol. The second kappa shape index (κ2) is 8.62. The molecule has 0 aromatic heterocycles. The number of nitrogens with zero attached hydrogens (tertiary/aromatic N) is 1. The van der Waals surface area contributed by atoms with E-state index in [2.05, 4.69) is 15.2 Å². The van der Waals surface area contributed by atoms with E-state index in [0.717, 1.165) is 11.3 Å². The van der Waals surface area contributed by atoms with E-state index >= 15 is 0 Å². The van der Waals surface area contributed by atoms with Gasteiger partial charge in [0.2, 0.25) is 5.91 Å². The Labute approximate surface area is 175 Å². The third-order valence-corrected chi connectivity index (χ3v) is 6.05. The minimum absolute atomic E-state index is 0.0303. The largest absolute Gasteiger partial charge is 0.495 e. The van der Waals surface area contributed by atoms with Gasteiger partial charge >= 0.3 is 0 Å². The molecule has 10 heteroatoms. The molecule has 9 nitrogen and oxygen atoms in total. The fourth-order valence-corrected chi connectivity index (χ4v) is 4.36. The van der Waals surface area contributed by atoms with Crippen LogP contribution in [0.15, 0.2) is 46.4 Å². The maximum Gasteiger partial charge on any atom is 0.265 e. The number of ether oxygens (including phenoxy) is 3. The Hall–Kier alpha value is -3.27. The van der Waals surface area contributed by atoms with Gasteiger partial charge in [0, 0.05) is 30.2 Å². The van der Waals surface area contributed by atoms with Crippen molar-refractivity contribution < 1.29 is 27.4 Å². The molecule has 2 N–H and O–H groups in total. The molecule has 0 radical (unpaired) electrons. The average molecular weight is 433 g/mol. The van der Waals surface area contributed by atoms with Gasteiger partial charge < -0.3 is 14.2 Å². The Bertz CT molecular complexity index is 1080. The zero-order valence-electron chi connectivity index (χ0n) is 17.1. The average Bonchev–Trinajstić information content (AvgIpc) is 2.73. The van der Waals surface area contributed by atoms with E-state index in [-0.39, 0.29) is 28.2 Å². The smallest absolute Gasteiger partial charge is 0.265 e. The minimum atomic E-state index is -3.97. The quantitative estimate of drug-likeness (QED) is 0.693. The standard InChI is InChI=1S/C20H23N3O6S/c1-12-9-19(24)21-22-20(12)13-5-7-14(8-6-13)23-30(25,26)18-11-16(28-3)15(27-2)10-17(18)29-4/h5-8,10-12,23H,9H2,1-4H3,(H,21,24). The molecule has 1 aliphatic heterocycles. The number of nitrogens with one attached hydrogen (secondary N) is 2. The first-order valence-electron chi connectivity index (χ1n) is 9.08. The monoisotopic (exact) mass is 433 g/mol. The Balaban J connectivity index is 1.88. The van der Waals surface area contributed by atoms with Crippen LogP contribution >= 0.6 is 0 Å². The zero-order valence-corrected chi connectivity index (χ0v) is 17.9. The highest BCUT2D eigenvalue weighted by molar-refractivity contribution is 7.92. The van der Waals surface area contributed by atoms with Crippen molar-refractivity contribution in [2.75, 3.05) is 26.1 Å². The number of hydrogen-bond acceptors (Lipinski definition) is 7. The van der Waals surface area contributed by atoms with E-state index in [1.54, 1.807) is 24.3 Å². The molecule has 1 unspecified atom stereocenters. The van der Waals surface area contributed by atoms with E-state index in [1.807, 2.05) is 6.92 Å². The van der Waals surface area contributed by atoms with Crippen molar-refractivity contribution in [2.45, 2.75) is 18.2 Å². The molecule has 2 aromatic rings. The van der Waals surface area contributed by atoms with E-state index in [4.69, 9.17) is 14.2 Å². The summed E-state index contributed by atoms with van der Waals surface area (Å²) < 4.78 is 44.1. The maximum absolute atomic E-state index is 13.0. The lowest BCUT2D eigenvalue weighted by molar-refractivity contribution is -0.121. The van der Waals surface area contributed by atoms with Gasteiger partial charge in [-0.05, 0) is 17.7 Å². The summed E-state index contributed by atoms with van der Waals surface area (Å²) in [4.78, 5) is 11.3. The van der Waals surface area contributed by atoms with Crippen molar-refractivity contribution >= 4 is 27.3 Å². The number of hydrazone groups is 1. The molecule has 1 amide bonds. The first kappa shape index (κ1) is 21.4. The van der Waals surface area contributed by atoms with Gasteiger partial charge in [0.15, 0.2) is 11.5 Å². The molecule has 0 bridgehead atoms. The summed E-state index contributed by atoms with van der Waals surface area (Å²) in [6, 6.07) is 9.55. The summed E-state index contributed by atoms with van der Waals surface area (Å²) in [5.74, 6) is 0.585. The normalized spacial score (nSPS) is 16.3. The molecule has 0 fully saturated rings. The number of sulfonamides is 1. The molecule has 30 heavy (non-hydrogen) atoms. The van der Waals surface area contributed by atoms with Gasteiger partial charge in [-0.1, -0.05) is 19.1 Å². The van der Waals surface area contributed by atoms with E-state index in [9.17, 15) is 13.2 Å². The molecule has 3 rings (SSSR count). The molecular weight excluding hydrogens is 410 g/mol. The highest BCUT2D eigenvalue weighted by Crippen LogP contribution is 2.37. The number of methoxy groups -OCH3 is 3. The number of anilines is 1. The van der Waals surface area contributed by atoms with Crippen LogP contribution in [0.4, 0.5) is 5.69 Å². The van der Waals surface area contributed by atoms with Crippen LogP contribution in [0.25, 0.3) is 0 Å². The molecule has 1 heterocycles. The number of benzene rings is 2. The van der Waals surface area contributed by atoms with Crippen LogP contribution < -0.4 is 24.4 Å². The third kappa shape index (κ3) is 4.33. The molecule has 160 valence electrons. The second-order valence-corrected chi connectivity index (χ2v) is 8.33. The Morgan fingerprint density at radius 1 is 1.00 bits per heavy atom. The van der Waals surface area contributed by atoms with Crippen molar-refractivity contribution in [1.29, 1.82) is 0 Å². The summed E-state index contributed by atoms with van der Waals surface area (Å²) in [7, 11) is 0.281. The third-order valence-electron chi connectivity index (χ3n) is 4.65.